The van der Waals surface area contributed by atoms with Crippen LogP contribution in [0.1, 0.15) is 17.5 Å². The molecular weight excluding hydrogens is 220 g/mol. The number of amides is 1. The normalized spacial score (nSPS) is 11.9. The van der Waals surface area contributed by atoms with E-state index in [1.54, 1.807) is 6.07 Å². The fraction of sp³-hybridized carbons (Fsp3) is 0.333. The number of hydrogen-bond donors (Lipinski definition) is 3. The number of carbonyl (C=O) groups is 2. The monoisotopic (exact) mass is 236 g/mol. The lowest BCUT2D eigenvalue weighted by Gasteiger charge is -2.09. The molecule has 5 nitrogen and oxygen atoms in total. The molecule has 0 aliphatic carbocycles. The van der Waals surface area contributed by atoms with E-state index in [2.05, 4.69) is 5.32 Å². The van der Waals surface area contributed by atoms with E-state index >= 15 is 0 Å². The van der Waals surface area contributed by atoms with Crippen molar-refractivity contribution in [2.24, 2.45) is 5.73 Å². The predicted octanol–water partition coefficient (Wildman–Crippen LogP) is 1.04. The van der Waals surface area contributed by atoms with Gasteiger partial charge in [-0.15, -0.1) is 0 Å². The molecule has 0 spiro atoms. The van der Waals surface area contributed by atoms with Gasteiger partial charge < -0.3 is 16.2 Å². The molecule has 5 heteroatoms. The van der Waals surface area contributed by atoms with Crippen LogP contribution in [0.5, 0.6) is 0 Å². The molecule has 0 bridgehead atoms. The fourth-order valence-corrected chi connectivity index (χ4v) is 1.32. The summed E-state index contributed by atoms with van der Waals surface area (Å²) in [4.78, 5) is 22.0. The SMILES string of the molecule is Cc1ccc(NC(=O)CC(N)C(=O)O)cc1C. The minimum atomic E-state index is -1.18. The van der Waals surface area contributed by atoms with E-state index in [0.717, 1.165) is 11.1 Å². The van der Waals surface area contributed by atoms with Crippen LogP contribution in [0.4, 0.5) is 5.69 Å². The average Bonchev–Trinajstić information content (AvgIpc) is 2.23. The molecule has 0 fully saturated rings. The minimum Gasteiger partial charge on any atom is -0.480 e. The summed E-state index contributed by atoms with van der Waals surface area (Å²) in [6.07, 6.45) is -0.234. The van der Waals surface area contributed by atoms with Gasteiger partial charge in [0.15, 0.2) is 0 Å². The van der Waals surface area contributed by atoms with Gasteiger partial charge in [0.05, 0.1) is 6.42 Å². The molecule has 1 aromatic rings. The Bertz CT molecular complexity index is 443. The lowest BCUT2D eigenvalue weighted by atomic mass is 10.1. The first-order chi connectivity index (χ1) is 7.90. The molecule has 1 aromatic carbocycles. The summed E-state index contributed by atoms with van der Waals surface area (Å²) in [7, 11) is 0. The first-order valence-electron chi connectivity index (χ1n) is 5.25. The van der Waals surface area contributed by atoms with Crippen molar-refractivity contribution in [2.75, 3.05) is 5.32 Å². The van der Waals surface area contributed by atoms with Gasteiger partial charge in [-0.25, -0.2) is 0 Å². The van der Waals surface area contributed by atoms with Crippen molar-refractivity contribution in [2.45, 2.75) is 26.3 Å². The van der Waals surface area contributed by atoms with Crippen LogP contribution in [0.25, 0.3) is 0 Å². The van der Waals surface area contributed by atoms with Crippen molar-refractivity contribution in [3.8, 4) is 0 Å². The summed E-state index contributed by atoms with van der Waals surface area (Å²) in [5, 5.41) is 11.2. The number of carboxylic acid groups (broad SMARTS) is 1. The standard InChI is InChI=1S/C12H16N2O3/c1-7-3-4-9(5-8(7)2)14-11(15)6-10(13)12(16)17/h3-5,10H,6,13H2,1-2H3,(H,14,15)(H,16,17). The van der Waals surface area contributed by atoms with E-state index < -0.39 is 17.9 Å². The van der Waals surface area contributed by atoms with Crippen LogP contribution in [-0.2, 0) is 9.59 Å². The lowest BCUT2D eigenvalue weighted by Crippen LogP contribution is -2.34. The summed E-state index contributed by atoms with van der Waals surface area (Å²) < 4.78 is 0. The average molecular weight is 236 g/mol. The summed E-state index contributed by atoms with van der Waals surface area (Å²) in [5.74, 6) is -1.58. The van der Waals surface area contributed by atoms with Gasteiger partial charge >= 0.3 is 5.97 Å². The lowest BCUT2D eigenvalue weighted by molar-refractivity contribution is -0.140. The van der Waals surface area contributed by atoms with Crippen LogP contribution in [0.2, 0.25) is 0 Å². The van der Waals surface area contributed by atoms with Crippen molar-refractivity contribution >= 4 is 17.6 Å². The summed E-state index contributed by atoms with van der Waals surface area (Å²) >= 11 is 0. The number of aliphatic carboxylic acids is 1. The van der Waals surface area contributed by atoms with Crippen molar-refractivity contribution < 1.29 is 14.7 Å². The molecule has 0 aromatic heterocycles. The molecule has 0 aliphatic rings. The Labute approximate surface area is 99.6 Å². The Morgan fingerprint density at radius 3 is 2.53 bits per heavy atom. The number of hydrogen-bond acceptors (Lipinski definition) is 3. The molecule has 4 N–H and O–H groups in total. The molecule has 92 valence electrons. The van der Waals surface area contributed by atoms with Crippen LogP contribution in [0.15, 0.2) is 18.2 Å². The molecule has 17 heavy (non-hydrogen) atoms. The molecule has 0 saturated heterocycles. The molecule has 1 atom stereocenters. The van der Waals surface area contributed by atoms with Crippen molar-refractivity contribution in [1.29, 1.82) is 0 Å². The van der Waals surface area contributed by atoms with Crippen LogP contribution in [-0.4, -0.2) is 23.0 Å². The molecule has 1 rings (SSSR count). The zero-order valence-corrected chi connectivity index (χ0v) is 9.86. The Morgan fingerprint density at radius 2 is 2.00 bits per heavy atom. The molecule has 0 radical (unpaired) electrons. The third-order valence-electron chi connectivity index (χ3n) is 2.51. The van der Waals surface area contributed by atoms with Gasteiger partial charge in [0.25, 0.3) is 0 Å². The van der Waals surface area contributed by atoms with Crippen LogP contribution >= 0.6 is 0 Å². The van der Waals surface area contributed by atoms with E-state index in [4.69, 9.17) is 10.8 Å². The number of rotatable bonds is 4. The minimum absolute atomic E-state index is 0.234. The Hall–Kier alpha value is -1.88. The number of nitrogens with two attached hydrogens (primary N) is 1. The highest BCUT2D eigenvalue weighted by molar-refractivity contribution is 5.94. The number of benzene rings is 1. The second-order valence-electron chi connectivity index (χ2n) is 4.00. The van der Waals surface area contributed by atoms with Gasteiger partial charge in [0, 0.05) is 5.69 Å². The topological polar surface area (TPSA) is 92.4 Å². The summed E-state index contributed by atoms with van der Waals surface area (Å²) in [6.45, 7) is 3.91. The predicted molar refractivity (Wildman–Crippen MR) is 64.8 cm³/mol. The number of aryl methyl sites for hydroxylation is 2. The molecule has 1 amide bonds. The largest absolute Gasteiger partial charge is 0.480 e. The molecule has 0 aliphatic heterocycles. The maximum atomic E-state index is 11.5. The highest BCUT2D eigenvalue weighted by Crippen LogP contribution is 2.14. The fourth-order valence-electron chi connectivity index (χ4n) is 1.32. The van der Waals surface area contributed by atoms with Gasteiger partial charge in [0.1, 0.15) is 6.04 Å². The maximum Gasteiger partial charge on any atom is 0.321 e. The zero-order chi connectivity index (χ0) is 13.0. The van der Waals surface area contributed by atoms with Gasteiger partial charge in [-0.2, -0.15) is 0 Å². The van der Waals surface area contributed by atoms with E-state index in [-0.39, 0.29) is 6.42 Å². The smallest absolute Gasteiger partial charge is 0.321 e. The number of carbonyl (C=O) groups excluding carboxylic acids is 1. The number of anilines is 1. The van der Waals surface area contributed by atoms with Gasteiger partial charge in [-0.1, -0.05) is 6.07 Å². The van der Waals surface area contributed by atoms with Gasteiger partial charge in [-0.3, -0.25) is 9.59 Å². The van der Waals surface area contributed by atoms with E-state index in [0.29, 0.717) is 5.69 Å². The second-order valence-corrected chi connectivity index (χ2v) is 4.00. The second kappa shape index (κ2) is 5.45. The van der Waals surface area contributed by atoms with Gasteiger partial charge in [-0.05, 0) is 37.1 Å². The summed E-state index contributed by atoms with van der Waals surface area (Å²) in [6, 6.07) is 4.33. The third-order valence-corrected chi connectivity index (χ3v) is 2.51. The highest BCUT2D eigenvalue weighted by Gasteiger charge is 2.16. The van der Waals surface area contributed by atoms with Crippen LogP contribution in [0, 0.1) is 13.8 Å². The highest BCUT2D eigenvalue weighted by atomic mass is 16.4. The quantitative estimate of drug-likeness (QED) is 0.728. The van der Waals surface area contributed by atoms with Crippen molar-refractivity contribution in [3.05, 3.63) is 29.3 Å². The third kappa shape index (κ3) is 3.88. The van der Waals surface area contributed by atoms with E-state index in [1.165, 1.54) is 0 Å². The Morgan fingerprint density at radius 1 is 1.35 bits per heavy atom. The van der Waals surface area contributed by atoms with Crippen molar-refractivity contribution in [3.63, 3.8) is 0 Å². The van der Waals surface area contributed by atoms with E-state index in [1.807, 2.05) is 26.0 Å². The van der Waals surface area contributed by atoms with E-state index in [9.17, 15) is 9.59 Å². The molecule has 1 unspecified atom stereocenters. The number of carboxylic acids is 1. The van der Waals surface area contributed by atoms with Gasteiger partial charge in [0.2, 0.25) is 5.91 Å². The first kappa shape index (κ1) is 13.2. The Kier molecular flexibility index (Phi) is 4.23. The van der Waals surface area contributed by atoms with Crippen LogP contribution in [0.3, 0.4) is 0 Å². The Balaban J connectivity index is 2.62. The molecule has 0 saturated carbocycles. The summed E-state index contributed by atoms with van der Waals surface area (Å²) in [5.41, 5.74) is 8.10. The van der Waals surface area contributed by atoms with Crippen molar-refractivity contribution in [1.82, 2.24) is 0 Å². The maximum absolute atomic E-state index is 11.5. The van der Waals surface area contributed by atoms with Crippen LogP contribution < -0.4 is 11.1 Å². The zero-order valence-electron chi connectivity index (χ0n) is 9.86. The molecular formula is C12H16N2O3. The number of nitrogens with one attached hydrogen (secondary N) is 1. The molecule has 0 heterocycles. The first-order valence-corrected chi connectivity index (χ1v) is 5.25.